The van der Waals surface area contributed by atoms with Crippen molar-refractivity contribution in [1.82, 2.24) is 15.0 Å². The third kappa shape index (κ3) is 5.17. The van der Waals surface area contributed by atoms with E-state index in [0.29, 0.717) is 11.8 Å². The summed E-state index contributed by atoms with van der Waals surface area (Å²) in [5, 5.41) is 0.339. The van der Waals surface area contributed by atoms with Gasteiger partial charge in [-0.1, -0.05) is 11.8 Å². The Morgan fingerprint density at radius 1 is 1.39 bits per heavy atom. The lowest BCUT2D eigenvalue weighted by Crippen LogP contribution is -2.12. The summed E-state index contributed by atoms with van der Waals surface area (Å²) in [6, 6.07) is 0.156. The Morgan fingerprint density at radius 2 is 2.11 bits per heavy atom. The van der Waals surface area contributed by atoms with Crippen LogP contribution >= 0.6 is 11.8 Å². The Labute approximate surface area is 109 Å². The van der Waals surface area contributed by atoms with Gasteiger partial charge in [-0.3, -0.25) is 4.79 Å². The van der Waals surface area contributed by atoms with E-state index in [-0.39, 0.29) is 29.8 Å². The molecule has 2 N–H and O–H groups in total. The summed E-state index contributed by atoms with van der Waals surface area (Å²) in [5.41, 5.74) is 5.53. The molecule has 0 radical (unpaired) electrons. The summed E-state index contributed by atoms with van der Waals surface area (Å²) in [4.78, 5) is 23.0. The number of nitrogens with two attached hydrogens (primary N) is 1. The maximum absolute atomic E-state index is 11.2. The summed E-state index contributed by atoms with van der Waals surface area (Å²) in [5.74, 6) is -0.141. The number of thioether (sulfide) groups is 1. The van der Waals surface area contributed by atoms with Gasteiger partial charge in [-0.25, -0.2) is 0 Å². The van der Waals surface area contributed by atoms with Crippen molar-refractivity contribution < 1.29 is 14.3 Å². The number of nitrogens with zero attached hydrogens (tertiary/aromatic N) is 3. The molecule has 0 aliphatic carbocycles. The Hall–Kier alpha value is -1.57. The standard InChI is InChI=1S/C10H16N4O3S/c1-4-16-7(15)5-18-10-13-8(11)12-9(14-10)17-6(2)3/h6H,4-5H2,1-3H3,(H2,11,12,13,14). The second kappa shape index (κ2) is 7.00. The third-order valence-corrected chi connectivity index (χ3v) is 2.40. The molecule has 1 aromatic rings. The van der Waals surface area contributed by atoms with Crippen LogP contribution in [0.2, 0.25) is 0 Å². The molecule has 0 unspecified atom stereocenters. The first-order valence-electron chi connectivity index (χ1n) is 5.48. The molecule has 0 amide bonds. The fourth-order valence-electron chi connectivity index (χ4n) is 1.01. The number of hydrogen-bond donors (Lipinski definition) is 1. The molecule has 8 heteroatoms. The molecule has 18 heavy (non-hydrogen) atoms. The van der Waals surface area contributed by atoms with E-state index in [9.17, 15) is 4.79 Å². The molecule has 0 aliphatic rings. The number of esters is 1. The van der Waals surface area contributed by atoms with Gasteiger partial charge in [0.2, 0.25) is 5.95 Å². The lowest BCUT2D eigenvalue weighted by molar-refractivity contribution is -0.139. The van der Waals surface area contributed by atoms with E-state index in [1.54, 1.807) is 6.92 Å². The average molecular weight is 272 g/mol. The van der Waals surface area contributed by atoms with Crippen molar-refractivity contribution in [3.8, 4) is 6.01 Å². The Balaban J connectivity index is 2.65. The third-order valence-electron chi connectivity index (χ3n) is 1.58. The highest BCUT2D eigenvalue weighted by Gasteiger charge is 2.10. The van der Waals surface area contributed by atoms with Crippen molar-refractivity contribution >= 4 is 23.7 Å². The number of ether oxygens (including phenoxy) is 2. The highest BCUT2D eigenvalue weighted by atomic mass is 32.2. The van der Waals surface area contributed by atoms with Crippen LogP contribution in [0.3, 0.4) is 0 Å². The van der Waals surface area contributed by atoms with E-state index >= 15 is 0 Å². The van der Waals surface area contributed by atoms with Crippen LogP contribution in [0.5, 0.6) is 6.01 Å². The van der Waals surface area contributed by atoms with Gasteiger partial charge in [0, 0.05) is 0 Å². The monoisotopic (exact) mass is 272 g/mol. The lowest BCUT2D eigenvalue weighted by atomic mass is 10.5. The van der Waals surface area contributed by atoms with Crippen molar-refractivity contribution in [3.05, 3.63) is 0 Å². The molecule has 0 saturated carbocycles. The molecule has 0 aromatic carbocycles. The van der Waals surface area contributed by atoms with E-state index in [0.717, 1.165) is 11.8 Å². The summed E-state index contributed by atoms with van der Waals surface area (Å²) in [6.07, 6.45) is -0.0605. The SMILES string of the molecule is CCOC(=O)CSc1nc(N)nc(OC(C)C)n1. The van der Waals surface area contributed by atoms with Crippen LogP contribution in [0.4, 0.5) is 5.95 Å². The molecular formula is C10H16N4O3S. The molecule has 0 atom stereocenters. The minimum absolute atomic E-state index is 0.0605. The topological polar surface area (TPSA) is 100 Å². The summed E-state index contributed by atoms with van der Waals surface area (Å²) < 4.78 is 10.1. The first-order valence-corrected chi connectivity index (χ1v) is 6.46. The molecule has 7 nitrogen and oxygen atoms in total. The minimum Gasteiger partial charge on any atom is -0.465 e. The molecule has 1 heterocycles. The van der Waals surface area contributed by atoms with Crippen LogP contribution in [-0.2, 0) is 9.53 Å². The quantitative estimate of drug-likeness (QED) is 0.602. The van der Waals surface area contributed by atoms with E-state index in [2.05, 4.69) is 15.0 Å². The number of anilines is 1. The molecule has 0 spiro atoms. The first kappa shape index (κ1) is 14.5. The van der Waals surface area contributed by atoms with Gasteiger partial charge in [0.1, 0.15) is 0 Å². The van der Waals surface area contributed by atoms with Crippen LogP contribution in [0.15, 0.2) is 5.16 Å². The summed E-state index contributed by atoms with van der Waals surface area (Å²) in [7, 11) is 0. The van der Waals surface area contributed by atoms with Gasteiger partial charge in [0.05, 0.1) is 18.5 Å². The fourth-order valence-corrected chi connectivity index (χ4v) is 1.64. The van der Waals surface area contributed by atoms with Gasteiger partial charge in [-0.05, 0) is 20.8 Å². The average Bonchev–Trinajstić information content (AvgIpc) is 2.25. The molecule has 100 valence electrons. The Kier molecular flexibility index (Phi) is 5.63. The van der Waals surface area contributed by atoms with Crippen LogP contribution < -0.4 is 10.5 Å². The molecule has 1 aromatic heterocycles. The first-order chi connectivity index (χ1) is 8.51. The smallest absolute Gasteiger partial charge is 0.322 e. The van der Waals surface area contributed by atoms with Gasteiger partial charge in [0.15, 0.2) is 5.16 Å². The van der Waals surface area contributed by atoms with Crippen LogP contribution in [0.25, 0.3) is 0 Å². The number of rotatable bonds is 6. The van der Waals surface area contributed by atoms with Gasteiger partial charge < -0.3 is 15.2 Å². The number of carbonyl (C=O) groups excluding carboxylic acids is 1. The van der Waals surface area contributed by atoms with Gasteiger partial charge >= 0.3 is 12.0 Å². The van der Waals surface area contributed by atoms with Crippen LogP contribution in [0, 0.1) is 0 Å². The zero-order chi connectivity index (χ0) is 13.5. The maximum atomic E-state index is 11.2. The number of carbonyl (C=O) groups is 1. The molecule has 0 saturated heterocycles. The van der Waals surface area contributed by atoms with Crippen LogP contribution in [0.1, 0.15) is 20.8 Å². The highest BCUT2D eigenvalue weighted by Crippen LogP contribution is 2.17. The van der Waals surface area contributed by atoms with E-state index < -0.39 is 0 Å². The number of aromatic nitrogens is 3. The molecule has 1 rings (SSSR count). The maximum Gasteiger partial charge on any atom is 0.322 e. The summed E-state index contributed by atoms with van der Waals surface area (Å²) in [6.45, 7) is 5.80. The fraction of sp³-hybridized carbons (Fsp3) is 0.600. The molecule has 0 bridgehead atoms. The van der Waals surface area contributed by atoms with Gasteiger partial charge in [-0.2, -0.15) is 15.0 Å². The minimum atomic E-state index is -0.326. The molecular weight excluding hydrogens is 256 g/mol. The van der Waals surface area contributed by atoms with E-state index in [1.807, 2.05) is 13.8 Å². The molecule has 0 fully saturated rings. The predicted octanol–water partition coefficient (Wildman–Crippen LogP) is 0.896. The predicted molar refractivity (Wildman–Crippen MR) is 67.4 cm³/mol. The van der Waals surface area contributed by atoms with Crippen molar-refractivity contribution in [2.45, 2.75) is 32.0 Å². The Bertz CT molecular complexity index is 414. The van der Waals surface area contributed by atoms with Gasteiger partial charge in [-0.15, -0.1) is 0 Å². The van der Waals surface area contributed by atoms with Crippen molar-refractivity contribution in [2.24, 2.45) is 0 Å². The van der Waals surface area contributed by atoms with Gasteiger partial charge in [0.25, 0.3) is 0 Å². The largest absolute Gasteiger partial charge is 0.465 e. The Morgan fingerprint density at radius 3 is 2.72 bits per heavy atom. The normalized spacial score (nSPS) is 10.4. The second-order valence-electron chi connectivity index (χ2n) is 3.52. The molecule has 0 aliphatic heterocycles. The zero-order valence-corrected chi connectivity index (χ0v) is 11.4. The van der Waals surface area contributed by atoms with Crippen molar-refractivity contribution in [3.63, 3.8) is 0 Å². The number of hydrogen-bond acceptors (Lipinski definition) is 8. The van der Waals surface area contributed by atoms with E-state index in [1.165, 1.54) is 0 Å². The zero-order valence-electron chi connectivity index (χ0n) is 10.5. The second-order valence-corrected chi connectivity index (χ2v) is 4.46. The van der Waals surface area contributed by atoms with Crippen molar-refractivity contribution in [1.29, 1.82) is 0 Å². The lowest BCUT2D eigenvalue weighted by Gasteiger charge is -2.08. The van der Waals surface area contributed by atoms with E-state index in [4.69, 9.17) is 15.2 Å². The van der Waals surface area contributed by atoms with Crippen molar-refractivity contribution in [2.75, 3.05) is 18.1 Å². The highest BCUT2D eigenvalue weighted by molar-refractivity contribution is 7.99. The number of nitrogen functional groups attached to an aromatic ring is 1. The van der Waals surface area contributed by atoms with Crippen LogP contribution in [-0.4, -0.2) is 39.4 Å². The summed E-state index contributed by atoms with van der Waals surface area (Å²) >= 11 is 1.13.